The van der Waals surface area contributed by atoms with Gasteiger partial charge in [-0.1, -0.05) is 103 Å². The third kappa shape index (κ3) is 6.96. The lowest BCUT2D eigenvalue weighted by molar-refractivity contribution is -0.143. The number of para-hydroxylation sites is 1. The van der Waals surface area contributed by atoms with Crippen LogP contribution < -0.4 is 10.1 Å². The molecule has 0 spiro atoms. The van der Waals surface area contributed by atoms with Gasteiger partial charge in [0.15, 0.2) is 6.61 Å². The molecule has 1 atom stereocenters. The van der Waals surface area contributed by atoms with Crippen molar-refractivity contribution in [2.45, 2.75) is 19.1 Å². The first-order chi connectivity index (χ1) is 17.6. The number of carbonyl (C=O) groups excluding carboxylic acids is 2. The molecule has 0 saturated carbocycles. The van der Waals surface area contributed by atoms with E-state index < -0.39 is 6.04 Å². The van der Waals surface area contributed by atoms with Crippen LogP contribution in [0.4, 0.5) is 0 Å². The van der Waals surface area contributed by atoms with Crippen LogP contribution in [0, 0.1) is 0 Å². The lowest BCUT2D eigenvalue weighted by Gasteiger charge is -2.31. The maximum absolute atomic E-state index is 13.6. The second-order valence-corrected chi connectivity index (χ2v) is 8.70. The SMILES string of the molecule is O=C(NCc1ccccc1)C(c1ccccc1)N(Cc1ccc(Cl)cc1)C(=O)COc1ccccc1. The third-order valence-corrected chi connectivity index (χ3v) is 5.93. The molecule has 5 nitrogen and oxygen atoms in total. The molecule has 0 heterocycles. The Balaban J connectivity index is 1.62. The van der Waals surface area contributed by atoms with Gasteiger partial charge < -0.3 is 15.0 Å². The minimum atomic E-state index is -0.850. The summed E-state index contributed by atoms with van der Waals surface area (Å²) in [4.78, 5) is 28.7. The minimum Gasteiger partial charge on any atom is -0.484 e. The molecule has 4 aromatic rings. The Morgan fingerprint density at radius 2 is 1.33 bits per heavy atom. The van der Waals surface area contributed by atoms with E-state index in [0.717, 1.165) is 11.1 Å². The molecule has 2 amide bonds. The molecule has 0 fully saturated rings. The summed E-state index contributed by atoms with van der Waals surface area (Å²) >= 11 is 6.07. The van der Waals surface area contributed by atoms with Crippen molar-refractivity contribution in [3.05, 3.63) is 137 Å². The van der Waals surface area contributed by atoms with E-state index in [9.17, 15) is 9.59 Å². The number of amides is 2. The van der Waals surface area contributed by atoms with E-state index in [0.29, 0.717) is 22.9 Å². The van der Waals surface area contributed by atoms with Crippen LogP contribution in [0.15, 0.2) is 115 Å². The van der Waals surface area contributed by atoms with E-state index in [1.165, 1.54) is 0 Å². The molecule has 0 bridgehead atoms. The van der Waals surface area contributed by atoms with Gasteiger partial charge in [0.1, 0.15) is 11.8 Å². The molecule has 182 valence electrons. The molecule has 4 rings (SSSR count). The number of hydrogen-bond donors (Lipinski definition) is 1. The fourth-order valence-electron chi connectivity index (χ4n) is 3.84. The van der Waals surface area contributed by atoms with Crippen LogP contribution in [0.2, 0.25) is 5.02 Å². The van der Waals surface area contributed by atoms with Crippen LogP contribution in [0.3, 0.4) is 0 Å². The number of nitrogens with zero attached hydrogens (tertiary/aromatic N) is 1. The van der Waals surface area contributed by atoms with Gasteiger partial charge in [-0.25, -0.2) is 0 Å². The molecule has 6 heteroatoms. The summed E-state index contributed by atoms with van der Waals surface area (Å²) in [5, 5.41) is 3.61. The summed E-state index contributed by atoms with van der Waals surface area (Å²) in [5.74, 6) is 0.00618. The Hall–Kier alpha value is -4.09. The molecule has 0 aliphatic carbocycles. The van der Waals surface area contributed by atoms with Crippen LogP contribution >= 0.6 is 11.6 Å². The van der Waals surface area contributed by atoms with E-state index in [2.05, 4.69) is 5.32 Å². The zero-order chi connectivity index (χ0) is 25.2. The molecule has 0 aromatic heterocycles. The van der Waals surface area contributed by atoms with Crippen molar-refractivity contribution in [3.63, 3.8) is 0 Å². The van der Waals surface area contributed by atoms with Crippen molar-refractivity contribution in [1.82, 2.24) is 10.2 Å². The lowest BCUT2D eigenvalue weighted by atomic mass is 10.0. The summed E-state index contributed by atoms with van der Waals surface area (Å²) in [6, 6.07) is 34.5. The van der Waals surface area contributed by atoms with E-state index in [1.54, 1.807) is 29.2 Å². The first-order valence-corrected chi connectivity index (χ1v) is 12.1. The number of ether oxygens (including phenoxy) is 1. The normalized spacial score (nSPS) is 11.4. The summed E-state index contributed by atoms with van der Waals surface area (Å²) in [7, 11) is 0. The number of hydrogen-bond acceptors (Lipinski definition) is 3. The quantitative estimate of drug-likeness (QED) is 0.300. The number of benzene rings is 4. The van der Waals surface area contributed by atoms with E-state index in [1.807, 2.05) is 91.0 Å². The highest BCUT2D eigenvalue weighted by Crippen LogP contribution is 2.25. The second-order valence-electron chi connectivity index (χ2n) is 8.27. The number of halogens is 1. The second kappa shape index (κ2) is 12.6. The Morgan fingerprint density at radius 1 is 0.750 bits per heavy atom. The maximum atomic E-state index is 13.6. The van der Waals surface area contributed by atoms with Gasteiger partial charge in [-0.05, 0) is 41.0 Å². The highest BCUT2D eigenvalue weighted by atomic mass is 35.5. The molecule has 0 aliphatic heterocycles. The highest BCUT2D eigenvalue weighted by molar-refractivity contribution is 6.30. The van der Waals surface area contributed by atoms with Crippen molar-refractivity contribution in [3.8, 4) is 5.75 Å². The first-order valence-electron chi connectivity index (χ1n) is 11.7. The number of rotatable bonds is 10. The molecular weight excluding hydrogens is 472 g/mol. The van der Waals surface area contributed by atoms with Gasteiger partial charge in [-0.15, -0.1) is 0 Å². The smallest absolute Gasteiger partial charge is 0.261 e. The van der Waals surface area contributed by atoms with E-state index >= 15 is 0 Å². The van der Waals surface area contributed by atoms with Crippen LogP contribution in [0.1, 0.15) is 22.7 Å². The molecular formula is C30H27ClN2O3. The average Bonchev–Trinajstić information content (AvgIpc) is 2.93. The summed E-state index contributed by atoms with van der Waals surface area (Å²) < 4.78 is 5.76. The lowest BCUT2D eigenvalue weighted by Crippen LogP contribution is -2.45. The summed E-state index contributed by atoms with van der Waals surface area (Å²) in [6.45, 7) is 0.367. The van der Waals surface area contributed by atoms with Gasteiger partial charge in [0.25, 0.3) is 5.91 Å². The van der Waals surface area contributed by atoms with Crippen LogP contribution in [0.25, 0.3) is 0 Å². The van der Waals surface area contributed by atoms with Crippen LogP contribution in [-0.2, 0) is 22.7 Å². The van der Waals surface area contributed by atoms with Gasteiger partial charge in [-0.2, -0.15) is 0 Å². The number of carbonyl (C=O) groups is 2. The molecule has 0 aliphatic rings. The Kier molecular flexibility index (Phi) is 8.73. The van der Waals surface area contributed by atoms with Gasteiger partial charge in [-0.3, -0.25) is 9.59 Å². The predicted octanol–water partition coefficient (Wildman–Crippen LogP) is 5.81. The van der Waals surface area contributed by atoms with Crippen LogP contribution in [-0.4, -0.2) is 23.3 Å². The van der Waals surface area contributed by atoms with Crippen molar-refractivity contribution in [2.24, 2.45) is 0 Å². The fraction of sp³-hybridized carbons (Fsp3) is 0.133. The Bertz CT molecular complexity index is 1250. The van der Waals surface area contributed by atoms with Crippen molar-refractivity contribution in [1.29, 1.82) is 0 Å². The standard InChI is InChI=1S/C30H27ClN2O3/c31-26-18-16-24(17-19-26)21-33(28(34)22-36-27-14-8-3-9-15-27)29(25-12-6-2-7-13-25)30(35)32-20-23-10-4-1-5-11-23/h1-19,29H,20-22H2,(H,32,35). The molecule has 1 N–H and O–H groups in total. The number of nitrogens with one attached hydrogen (secondary N) is 1. The molecule has 4 aromatic carbocycles. The first kappa shape index (κ1) is 25.0. The monoisotopic (exact) mass is 498 g/mol. The average molecular weight is 499 g/mol. The van der Waals surface area contributed by atoms with Gasteiger partial charge in [0.2, 0.25) is 5.91 Å². The molecule has 36 heavy (non-hydrogen) atoms. The molecule has 1 unspecified atom stereocenters. The molecule has 0 saturated heterocycles. The summed E-state index contributed by atoms with van der Waals surface area (Å²) in [6.07, 6.45) is 0. The van der Waals surface area contributed by atoms with E-state index in [-0.39, 0.29) is 25.0 Å². The Labute approximate surface area is 216 Å². The van der Waals surface area contributed by atoms with Crippen molar-refractivity contribution >= 4 is 23.4 Å². The van der Waals surface area contributed by atoms with Gasteiger partial charge >= 0.3 is 0 Å². The zero-order valence-corrected chi connectivity index (χ0v) is 20.5. The van der Waals surface area contributed by atoms with Crippen molar-refractivity contribution in [2.75, 3.05) is 6.61 Å². The topological polar surface area (TPSA) is 58.6 Å². The van der Waals surface area contributed by atoms with Crippen molar-refractivity contribution < 1.29 is 14.3 Å². The van der Waals surface area contributed by atoms with Gasteiger partial charge in [0, 0.05) is 18.1 Å². The fourth-order valence-corrected chi connectivity index (χ4v) is 3.97. The van der Waals surface area contributed by atoms with Crippen LogP contribution in [0.5, 0.6) is 5.75 Å². The maximum Gasteiger partial charge on any atom is 0.261 e. The zero-order valence-electron chi connectivity index (χ0n) is 19.7. The predicted molar refractivity (Wildman–Crippen MR) is 141 cm³/mol. The molecule has 0 radical (unpaired) electrons. The van der Waals surface area contributed by atoms with E-state index in [4.69, 9.17) is 16.3 Å². The largest absolute Gasteiger partial charge is 0.484 e. The Morgan fingerprint density at radius 3 is 1.97 bits per heavy atom. The summed E-state index contributed by atoms with van der Waals surface area (Å²) in [5.41, 5.74) is 2.54. The van der Waals surface area contributed by atoms with Gasteiger partial charge in [0.05, 0.1) is 0 Å². The highest BCUT2D eigenvalue weighted by Gasteiger charge is 2.31. The third-order valence-electron chi connectivity index (χ3n) is 5.68. The minimum absolute atomic E-state index is 0.201.